The molecule has 0 fully saturated rings. The second-order valence-corrected chi connectivity index (χ2v) is 5.68. The Bertz CT molecular complexity index is 462. The van der Waals surface area contributed by atoms with Crippen molar-refractivity contribution in [2.75, 3.05) is 6.54 Å². The highest BCUT2D eigenvalue weighted by Gasteiger charge is 2.19. The number of aliphatic carboxylic acids is 1. The van der Waals surface area contributed by atoms with Gasteiger partial charge in [-0.3, -0.25) is 9.59 Å². The van der Waals surface area contributed by atoms with Gasteiger partial charge in [0.25, 0.3) is 5.91 Å². The first-order chi connectivity index (χ1) is 9.34. The van der Waals surface area contributed by atoms with E-state index in [0.717, 1.165) is 18.6 Å². The molecule has 0 unspecified atom stereocenters. The number of hydrogen-bond donors (Lipinski definition) is 2. The minimum atomic E-state index is -0.787. The van der Waals surface area contributed by atoms with Crippen LogP contribution in [-0.2, 0) is 11.2 Å². The average Bonchev–Trinajstić information content (AvgIpc) is 2.85. The molecule has 0 saturated carbocycles. The van der Waals surface area contributed by atoms with E-state index in [-0.39, 0.29) is 17.7 Å². The lowest BCUT2D eigenvalue weighted by Crippen LogP contribution is -2.28. The summed E-state index contributed by atoms with van der Waals surface area (Å²) < 4.78 is 5.37. The predicted octanol–water partition coefficient (Wildman–Crippen LogP) is 2.85. The van der Waals surface area contributed by atoms with Gasteiger partial charge in [-0.2, -0.15) is 0 Å². The van der Waals surface area contributed by atoms with E-state index in [0.29, 0.717) is 18.7 Å². The molecule has 2 N–H and O–H groups in total. The molecule has 0 bridgehead atoms. The second-order valence-electron chi connectivity index (χ2n) is 5.68. The Hall–Kier alpha value is -1.78. The van der Waals surface area contributed by atoms with Gasteiger partial charge in [-0.15, -0.1) is 0 Å². The standard InChI is InChI=1S/C15H23NO4/c1-4-11-5-6-12(20-11)14(19)16-10-9-15(2,3)8-7-13(17)18/h5-6H,4,7-10H2,1-3H3,(H,16,19)(H,17,18). The Balaban J connectivity index is 2.35. The van der Waals surface area contributed by atoms with Crippen molar-refractivity contribution in [3.8, 4) is 0 Å². The van der Waals surface area contributed by atoms with Gasteiger partial charge in [0.15, 0.2) is 5.76 Å². The Kier molecular flexibility index (Phi) is 5.80. The summed E-state index contributed by atoms with van der Waals surface area (Å²) in [5.74, 6) is 0.102. The van der Waals surface area contributed by atoms with E-state index in [9.17, 15) is 9.59 Å². The lowest BCUT2D eigenvalue weighted by atomic mass is 9.84. The molecule has 0 aliphatic heterocycles. The normalized spacial score (nSPS) is 11.3. The van der Waals surface area contributed by atoms with Crippen LogP contribution in [0.5, 0.6) is 0 Å². The maximum atomic E-state index is 11.8. The summed E-state index contributed by atoms with van der Waals surface area (Å²) in [7, 11) is 0. The number of hydrogen-bond acceptors (Lipinski definition) is 3. The van der Waals surface area contributed by atoms with Crippen LogP contribution in [0.15, 0.2) is 16.5 Å². The molecule has 0 aliphatic rings. The zero-order valence-electron chi connectivity index (χ0n) is 12.4. The molecule has 1 aromatic rings. The van der Waals surface area contributed by atoms with Gasteiger partial charge in [-0.05, 0) is 30.4 Å². The smallest absolute Gasteiger partial charge is 0.303 e. The third kappa shape index (κ3) is 5.47. The van der Waals surface area contributed by atoms with Crippen LogP contribution < -0.4 is 5.32 Å². The maximum Gasteiger partial charge on any atom is 0.303 e. The van der Waals surface area contributed by atoms with Crippen LogP contribution in [0.1, 0.15) is 56.3 Å². The molecule has 0 radical (unpaired) electrons. The van der Waals surface area contributed by atoms with E-state index in [1.54, 1.807) is 12.1 Å². The molecule has 112 valence electrons. The number of carboxylic acids is 1. The van der Waals surface area contributed by atoms with Crippen molar-refractivity contribution in [3.63, 3.8) is 0 Å². The lowest BCUT2D eigenvalue weighted by molar-refractivity contribution is -0.137. The number of amides is 1. The van der Waals surface area contributed by atoms with Crippen LogP contribution >= 0.6 is 0 Å². The molecule has 1 rings (SSSR count). The van der Waals surface area contributed by atoms with E-state index in [2.05, 4.69) is 5.32 Å². The lowest BCUT2D eigenvalue weighted by Gasteiger charge is -2.23. The molecule has 0 aliphatic carbocycles. The summed E-state index contributed by atoms with van der Waals surface area (Å²) in [6.07, 6.45) is 2.24. The number of rotatable bonds is 8. The van der Waals surface area contributed by atoms with Crippen molar-refractivity contribution in [3.05, 3.63) is 23.7 Å². The van der Waals surface area contributed by atoms with Crippen molar-refractivity contribution in [1.82, 2.24) is 5.32 Å². The summed E-state index contributed by atoms with van der Waals surface area (Å²) in [5.41, 5.74) is -0.108. The van der Waals surface area contributed by atoms with Crippen LogP contribution in [0.25, 0.3) is 0 Å². The zero-order chi connectivity index (χ0) is 15.2. The fourth-order valence-corrected chi connectivity index (χ4v) is 1.86. The third-order valence-electron chi connectivity index (χ3n) is 3.34. The number of carbonyl (C=O) groups excluding carboxylic acids is 1. The number of carboxylic acid groups (broad SMARTS) is 1. The van der Waals surface area contributed by atoms with Crippen LogP contribution in [0.3, 0.4) is 0 Å². The second kappa shape index (κ2) is 7.12. The fourth-order valence-electron chi connectivity index (χ4n) is 1.86. The third-order valence-corrected chi connectivity index (χ3v) is 3.34. The molecule has 20 heavy (non-hydrogen) atoms. The first kappa shape index (κ1) is 16.3. The van der Waals surface area contributed by atoms with E-state index >= 15 is 0 Å². The quantitative estimate of drug-likeness (QED) is 0.768. The zero-order valence-corrected chi connectivity index (χ0v) is 12.4. The number of nitrogens with one attached hydrogen (secondary N) is 1. The SMILES string of the molecule is CCc1ccc(C(=O)NCCC(C)(C)CCC(=O)O)o1. The van der Waals surface area contributed by atoms with Gasteiger partial charge in [0.2, 0.25) is 0 Å². The van der Waals surface area contributed by atoms with Crippen molar-refractivity contribution in [1.29, 1.82) is 0 Å². The molecule has 5 nitrogen and oxygen atoms in total. The predicted molar refractivity (Wildman–Crippen MR) is 75.7 cm³/mol. The first-order valence-corrected chi connectivity index (χ1v) is 6.93. The molecule has 0 aromatic carbocycles. The van der Waals surface area contributed by atoms with Crippen molar-refractivity contribution < 1.29 is 19.1 Å². The van der Waals surface area contributed by atoms with E-state index in [1.807, 2.05) is 20.8 Å². The van der Waals surface area contributed by atoms with E-state index < -0.39 is 5.97 Å². The summed E-state index contributed by atoms with van der Waals surface area (Å²) >= 11 is 0. The minimum absolute atomic E-state index is 0.108. The Labute approximate surface area is 119 Å². The van der Waals surface area contributed by atoms with Crippen LogP contribution in [-0.4, -0.2) is 23.5 Å². The molecule has 1 amide bonds. The molecule has 0 spiro atoms. The first-order valence-electron chi connectivity index (χ1n) is 6.93. The maximum absolute atomic E-state index is 11.8. The molecule has 5 heteroatoms. The van der Waals surface area contributed by atoms with Crippen molar-refractivity contribution in [2.45, 2.75) is 46.5 Å². The summed E-state index contributed by atoms with van der Waals surface area (Å²) in [6.45, 7) is 6.48. The highest BCUT2D eigenvalue weighted by atomic mass is 16.4. The van der Waals surface area contributed by atoms with Crippen LogP contribution in [0.2, 0.25) is 0 Å². The van der Waals surface area contributed by atoms with E-state index in [1.165, 1.54) is 0 Å². The van der Waals surface area contributed by atoms with Gasteiger partial charge in [0.1, 0.15) is 5.76 Å². The number of aryl methyl sites for hydroxylation is 1. The van der Waals surface area contributed by atoms with Gasteiger partial charge in [0, 0.05) is 19.4 Å². The molecule has 0 saturated heterocycles. The fraction of sp³-hybridized carbons (Fsp3) is 0.600. The Morgan fingerprint density at radius 3 is 2.55 bits per heavy atom. The van der Waals surface area contributed by atoms with Crippen LogP contribution in [0, 0.1) is 5.41 Å². The number of furan rings is 1. The molecule has 0 atom stereocenters. The summed E-state index contributed by atoms with van der Waals surface area (Å²) in [6, 6.07) is 3.47. The monoisotopic (exact) mass is 281 g/mol. The van der Waals surface area contributed by atoms with Gasteiger partial charge in [0.05, 0.1) is 0 Å². The summed E-state index contributed by atoms with van der Waals surface area (Å²) in [5, 5.41) is 11.5. The molecule has 1 aromatic heterocycles. The topological polar surface area (TPSA) is 79.5 Å². The molecule has 1 heterocycles. The van der Waals surface area contributed by atoms with Crippen molar-refractivity contribution >= 4 is 11.9 Å². The minimum Gasteiger partial charge on any atom is -0.481 e. The average molecular weight is 281 g/mol. The molecular formula is C15H23NO4. The van der Waals surface area contributed by atoms with Crippen LogP contribution in [0.4, 0.5) is 0 Å². The number of carbonyl (C=O) groups is 2. The van der Waals surface area contributed by atoms with Gasteiger partial charge in [-0.1, -0.05) is 20.8 Å². The highest BCUT2D eigenvalue weighted by Crippen LogP contribution is 2.26. The Morgan fingerprint density at radius 1 is 1.30 bits per heavy atom. The molecular weight excluding hydrogens is 258 g/mol. The largest absolute Gasteiger partial charge is 0.481 e. The highest BCUT2D eigenvalue weighted by molar-refractivity contribution is 5.91. The van der Waals surface area contributed by atoms with E-state index in [4.69, 9.17) is 9.52 Å². The van der Waals surface area contributed by atoms with Gasteiger partial charge in [-0.25, -0.2) is 0 Å². The Morgan fingerprint density at radius 2 is 2.00 bits per heavy atom. The van der Waals surface area contributed by atoms with Crippen molar-refractivity contribution in [2.24, 2.45) is 5.41 Å². The van der Waals surface area contributed by atoms with Gasteiger partial charge >= 0.3 is 5.97 Å². The van der Waals surface area contributed by atoms with Gasteiger partial charge < -0.3 is 14.8 Å². The summed E-state index contributed by atoms with van der Waals surface area (Å²) in [4.78, 5) is 22.4.